The van der Waals surface area contributed by atoms with Crippen molar-refractivity contribution in [3.05, 3.63) is 50.8 Å². The van der Waals surface area contributed by atoms with Crippen LogP contribution in [-0.4, -0.2) is 64.9 Å². The Morgan fingerprint density at radius 3 is 2.58 bits per heavy atom. The Morgan fingerprint density at radius 2 is 1.88 bits per heavy atom. The molecule has 0 spiro atoms. The number of hydrogen-bond acceptors (Lipinski definition) is 6. The first kappa shape index (κ1) is 22.3. The number of amides is 2. The topological polar surface area (TPSA) is 65.5 Å². The minimum atomic E-state index is -4.60. The molecule has 174 valence electrons. The number of benzene rings is 1. The minimum absolute atomic E-state index is 0.000163. The number of halogens is 3. The molecule has 6 nitrogen and oxygen atoms in total. The average Bonchev–Trinajstić information content (AvgIpc) is 3.47. The van der Waals surface area contributed by atoms with Crippen molar-refractivity contribution in [2.24, 2.45) is 0 Å². The molecule has 3 aromatic rings. The molecule has 0 aliphatic carbocycles. The molecule has 11 heteroatoms. The fourth-order valence-corrected chi connectivity index (χ4v) is 6.30. The zero-order chi connectivity index (χ0) is 23.3. The van der Waals surface area contributed by atoms with Crippen LogP contribution in [-0.2, 0) is 6.18 Å². The van der Waals surface area contributed by atoms with Crippen molar-refractivity contribution < 1.29 is 22.8 Å². The van der Waals surface area contributed by atoms with E-state index in [9.17, 15) is 22.8 Å². The lowest BCUT2D eigenvalue weighted by Crippen LogP contribution is -2.62. The van der Waals surface area contributed by atoms with Crippen molar-refractivity contribution in [3.8, 4) is 0 Å². The van der Waals surface area contributed by atoms with Crippen LogP contribution in [0.4, 0.5) is 13.2 Å². The van der Waals surface area contributed by atoms with E-state index in [0.717, 1.165) is 23.3 Å². The van der Waals surface area contributed by atoms with Crippen LogP contribution in [0.25, 0.3) is 10.1 Å². The number of likely N-dealkylation sites (tertiary alicyclic amines) is 2. The number of thiazole rings is 1. The van der Waals surface area contributed by atoms with Gasteiger partial charge >= 0.3 is 6.18 Å². The number of fused-ring (bicyclic) bond motifs is 1. The second-order valence-electron chi connectivity index (χ2n) is 8.45. The smallest absolute Gasteiger partial charge is 0.335 e. The molecule has 0 radical (unpaired) electrons. The molecule has 0 bridgehead atoms. The summed E-state index contributed by atoms with van der Waals surface area (Å²) in [6.45, 7) is 3.69. The summed E-state index contributed by atoms with van der Waals surface area (Å²) < 4.78 is 41.9. The Bertz CT molecular complexity index is 1200. The lowest BCUT2D eigenvalue weighted by molar-refractivity contribution is -0.136. The third-order valence-corrected chi connectivity index (χ3v) is 7.96. The molecule has 0 unspecified atom stereocenters. The van der Waals surface area contributed by atoms with Crippen molar-refractivity contribution in [2.45, 2.75) is 31.6 Å². The summed E-state index contributed by atoms with van der Waals surface area (Å²) in [6, 6.07) is 4.85. The van der Waals surface area contributed by atoms with E-state index in [4.69, 9.17) is 0 Å². The van der Waals surface area contributed by atoms with Gasteiger partial charge in [0, 0.05) is 59.9 Å². The van der Waals surface area contributed by atoms with Gasteiger partial charge in [0.15, 0.2) is 5.01 Å². The largest absolute Gasteiger partial charge is 0.418 e. The number of carbonyl (C=O) groups is 2. The van der Waals surface area contributed by atoms with Crippen molar-refractivity contribution in [3.63, 3.8) is 0 Å². The van der Waals surface area contributed by atoms with E-state index in [0.29, 0.717) is 35.9 Å². The van der Waals surface area contributed by atoms with Crippen LogP contribution < -0.4 is 5.32 Å². The lowest BCUT2D eigenvalue weighted by Gasteiger charge is -2.41. The number of nitrogens with one attached hydrogen (secondary N) is 1. The summed E-state index contributed by atoms with van der Waals surface area (Å²) in [5.74, 6) is -0.661. The quantitative estimate of drug-likeness (QED) is 0.595. The maximum atomic E-state index is 13.8. The van der Waals surface area contributed by atoms with Crippen molar-refractivity contribution in [1.82, 2.24) is 20.1 Å². The van der Waals surface area contributed by atoms with Gasteiger partial charge in [0.1, 0.15) is 4.88 Å². The van der Waals surface area contributed by atoms with E-state index in [1.807, 2.05) is 6.92 Å². The van der Waals surface area contributed by atoms with Gasteiger partial charge in [-0.3, -0.25) is 9.59 Å². The normalized spacial score (nSPS) is 19.3. The van der Waals surface area contributed by atoms with Gasteiger partial charge < -0.3 is 15.1 Å². The molecule has 2 saturated heterocycles. The van der Waals surface area contributed by atoms with E-state index in [1.54, 1.807) is 28.6 Å². The van der Waals surface area contributed by atoms with Crippen LogP contribution in [0.2, 0.25) is 0 Å². The third kappa shape index (κ3) is 4.24. The van der Waals surface area contributed by atoms with Crippen molar-refractivity contribution in [1.29, 1.82) is 0 Å². The molecule has 4 heterocycles. The molecule has 2 fully saturated rings. The predicted octanol–water partition coefficient (Wildman–Crippen LogP) is 4.01. The van der Waals surface area contributed by atoms with E-state index < -0.39 is 17.6 Å². The molecule has 0 saturated carbocycles. The summed E-state index contributed by atoms with van der Waals surface area (Å²) in [7, 11) is 0. The Kier molecular flexibility index (Phi) is 5.66. The van der Waals surface area contributed by atoms with Crippen LogP contribution >= 0.6 is 22.7 Å². The van der Waals surface area contributed by atoms with Crippen LogP contribution in [0.1, 0.15) is 37.0 Å². The molecule has 2 aromatic heterocycles. The highest BCUT2D eigenvalue weighted by atomic mass is 32.1. The number of aryl methyl sites for hydroxylation is 1. The Hall–Kier alpha value is -2.50. The summed E-state index contributed by atoms with van der Waals surface area (Å²) in [5, 5.41) is 5.75. The highest BCUT2D eigenvalue weighted by Gasteiger charge is 2.42. The van der Waals surface area contributed by atoms with E-state index >= 15 is 0 Å². The van der Waals surface area contributed by atoms with Crippen LogP contribution in [0, 0.1) is 6.92 Å². The second-order valence-corrected chi connectivity index (χ2v) is 10.4. The number of carbonyl (C=O) groups excluding carboxylic acids is 2. The van der Waals surface area contributed by atoms with Gasteiger partial charge in [-0.2, -0.15) is 13.2 Å². The third-order valence-electron chi connectivity index (χ3n) is 6.05. The predicted molar refractivity (Wildman–Crippen MR) is 121 cm³/mol. The molecular weight excluding hydrogens is 473 g/mol. The van der Waals surface area contributed by atoms with Gasteiger partial charge in [-0.1, -0.05) is 12.1 Å². The standard InChI is InChI=1S/C22H21F3N4O2S2/c1-12-2-3-15-16(8-12)33-18(17(15)22(23,24)25)20(30)29-10-14(11-29)27-13-4-6-28(9-13)21(31)19-26-5-7-32-19/h2-3,5,7-8,13-14,27H,4,6,9-11H2,1H3/t13-/m0/s1. The van der Waals surface area contributed by atoms with Gasteiger partial charge in [0.25, 0.3) is 11.8 Å². The molecule has 1 N–H and O–H groups in total. The maximum Gasteiger partial charge on any atom is 0.418 e. The minimum Gasteiger partial charge on any atom is -0.335 e. The van der Waals surface area contributed by atoms with Gasteiger partial charge in [0.2, 0.25) is 0 Å². The number of rotatable bonds is 4. The van der Waals surface area contributed by atoms with E-state index in [-0.39, 0.29) is 28.3 Å². The number of nitrogens with zero attached hydrogens (tertiary/aromatic N) is 3. The average molecular weight is 495 g/mol. The summed E-state index contributed by atoms with van der Waals surface area (Å²) >= 11 is 2.22. The lowest BCUT2D eigenvalue weighted by atomic mass is 10.0. The molecule has 2 amide bonds. The number of thiophene rings is 1. The van der Waals surface area contributed by atoms with Crippen LogP contribution in [0.15, 0.2) is 29.8 Å². The van der Waals surface area contributed by atoms with Crippen LogP contribution in [0.5, 0.6) is 0 Å². The first-order chi connectivity index (χ1) is 15.7. The van der Waals surface area contributed by atoms with Crippen molar-refractivity contribution in [2.75, 3.05) is 26.2 Å². The Balaban J connectivity index is 1.22. The summed E-state index contributed by atoms with van der Waals surface area (Å²) in [5.41, 5.74) is 0.0136. The second kappa shape index (κ2) is 8.37. The highest BCUT2D eigenvalue weighted by molar-refractivity contribution is 7.21. The highest BCUT2D eigenvalue weighted by Crippen LogP contribution is 2.43. The first-order valence-corrected chi connectivity index (χ1v) is 12.2. The summed E-state index contributed by atoms with van der Waals surface area (Å²) in [4.78, 5) is 32.4. The van der Waals surface area contributed by atoms with Gasteiger partial charge in [-0.15, -0.1) is 22.7 Å². The molecule has 2 aliphatic rings. The molecular formula is C22H21F3N4O2S2. The summed E-state index contributed by atoms with van der Waals surface area (Å²) in [6.07, 6.45) is -2.21. The van der Waals surface area contributed by atoms with Crippen LogP contribution in [0.3, 0.4) is 0 Å². The SMILES string of the molecule is Cc1ccc2c(C(F)(F)F)c(C(=O)N3CC(N[C@H]4CCN(C(=O)c5nccs5)C4)C3)sc2c1. The van der Waals surface area contributed by atoms with E-state index in [2.05, 4.69) is 10.3 Å². The number of alkyl halides is 3. The monoisotopic (exact) mass is 494 g/mol. The van der Waals surface area contributed by atoms with Gasteiger partial charge in [-0.05, 0) is 25.0 Å². The maximum absolute atomic E-state index is 13.8. The molecule has 1 atom stereocenters. The fraction of sp³-hybridized carbons (Fsp3) is 0.409. The van der Waals surface area contributed by atoms with E-state index in [1.165, 1.54) is 22.3 Å². The fourth-order valence-electron chi connectivity index (χ4n) is 4.41. The molecule has 5 rings (SSSR count). The first-order valence-electron chi connectivity index (χ1n) is 10.5. The van der Waals surface area contributed by atoms with Gasteiger partial charge in [0.05, 0.1) is 5.56 Å². The molecule has 2 aliphatic heterocycles. The Morgan fingerprint density at radius 1 is 1.12 bits per heavy atom. The van der Waals surface area contributed by atoms with Gasteiger partial charge in [-0.25, -0.2) is 4.98 Å². The van der Waals surface area contributed by atoms with Crippen molar-refractivity contribution >= 4 is 44.6 Å². The Labute approximate surface area is 196 Å². The molecule has 1 aromatic carbocycles. The number of hydrogen-bond donors (Lipinski definition) is 1. The molecule has 33 heavy (non-hydrogen) atoms. The number of aromatic nitrogens is 1. The zero-order valence-electron chi connectivity index (χ0n) is 17.7. The zero-order valence-corrected chi connectivity index (χ0v) is 19.3.